The van der Waals surface area contributed by atoms with E-state index in [1.54, 1.807) is 0 Å². The molecule has 2 nitrogen and oxygen atoms in total. The van der Waals surface area contributed by atoms with Crippen LogP contribution in [0.1, 0.15) is 34.6 Å². The van der Waals surface area contributed by atoms with Crippen LogP contribution in [0.25, 0.3) is 0 Å². The summed E-state index contributed by atoms with van der Waals surface area (Å²) in [6, 6.07) is 0. The Balaban J connectivity index is 3.31. The van der Waals surface area contributed by atoms with Gasteiger partial charge in [-0.15, -0.1) is 0 Å². The first-order chi connectivity index (χ1) is 5.45. The van der Waals surface area contributed by atoms with Crippen LogP contribution in [-0.4, -0.2) is 25.8 Å². The van der Waals surface area contributed by atoms with Crippen LogP contribution in [-0.2, 0) is 4.74 Å². The van der Waals surface area contributed by atoms with Gasteiger partial charge >= 0.3 is 0 Å². The molecule has 0 radical (unpaired) electrons. The van der Waals surface area contributed by atoms with Gasteiger partial charge in [-0.05, 0) is 19.3 Å². The quantitative estimate of drug-likeness (QED) is 0.687. The molecule has 0 aliphatic heterocycles. The van der Waals surface area contributed by atoms with E-state index in [0.717, 1.165) is 19.7 Å². The van der Waals surface area contributed by atoms with Crippen LogP contribution < -0.4 is 5.32 Å². The van der Waals surface area contributed by atoms with Gasteiger partial charge in [0.05, 0.1) is 6.10 Å². The Hall–Kier alpha value is -0.0800. The van der Waals surface area contributed by atoms with Crippen LogP contribution in [0, 0.1) is 5.41 Å². The van der Waals surface area contributed by atoms with Crippen molar-refractivity contribution in [2.75, 3.05) is 19.7 Å². The van der Waals surface area contributed by atoms with Gasteiger partial charge in [-0.3, -0.25) is 0 Å². The third-order valence-corrected chi connectivity index (χ3v) is 1.54. The lowest BCUT2D eigenvalue weighted by molar-refractivity contribution is 0.0746. The Labute approximate surface area is 76.7 Å². The predicted octanol–water partition coefficient (Wildman–Crippen LogP) is 2.05. The first-order valence-electron chi connectivity index (χ1n) is 4.78. The lowest BCUT2D eigenvalue weighted by Gasteiger charge is -2.20. The van der Waals surface area contributed by atoms with Gasteiger partial charge in [0.25, 0.3) is 0 Å². The Morgan fingerprint density at radius 2 is 1.92 bits per heavy atom. The van der Waals surface area contributed by atoms with E-state index in [1.807, 2.05) is 6.92 Å². The standard InChI is InChI=1S/C10H23NO/c1-6-12-9(2)7-11-8-10(3,4)5/h9,11H,6-8H2,1-5H3. The lowest BCUT2D eigenvalue weighted by atomic mass is 9.97. The molecule has 0 amide bonds. The van der Waals surface area contributed by atoms with E-state index in [2.05, 4.69) is 33.0 Å². The second kappa shape index (κ2) is 5.55. The topological polar surface area (TPSA) is 21.3 Å². The average Bonchev–Trinajstić information content (AvgIpc) is 1.84. The molecule has 0 aromatic carbocycles. The SMILES string of the molecule is CCOC(C)CNCC(C)(C)C. The highest BCUT2D eigenvalue weighted by Gasteiger charge is 2.09. The van der Waals surface area contributed by atoms with Crippen molar-refractivity contribution in [3.8, 4) is 0 Å². The summed E-state index contributed by atoms with van der Waals surface area (Å²) in [6.07, 6.45) is 0.331. The fourth-order valence-corrected chi connectivity index (χ4v) is 0.994. The maximum atomic E-state index is 5.39. The molecule has 0 spiro atoms. The molecule has 0 aliphatic carbocycles. The molecule has 0 aliphatic rings. The van der Waals surface area contributed by atoms with E-state index in [0.29, 0.717) is 11.5 Å². The summed E-state index contributed by atoms with van der Waals surface area (Å²) in [4.78, 5) is 0. The zero-order chi connectivity index (χ0) is 9.61. The van der Waals surface area contributed by atoms with Crippen LogP contribution >= 0.6 is 0 Å². The fraction of sp³-hybridized carbons (Fsp3) is 1.00. The van der Waals surface area contributed by atoms with Crippen molar-refractivity contribution in [2.45, 2.75) is 40.7 Å². The minimum atomic E-state index is 0.331. The number of nitrogens with one attached hydrogen (secondary N) is 1. The third-order valence-electron chi connectivity index (χ3n) is 1.54. The Kier molecular flexibility index (Phi) is 5.51. The zero-order valence-electron chi connectivity index (χ0n) is 9.11. The van der Waals surface area contributed by atoms with E-state index in [-0.39, 0.29) is 0 Å². The second-order valence-corrected chi connectivity index (χ2v) is 4.46. The number of hydrogen-bond acceptors (Lipinski definition) is 2. The molecule has 0 heterocycles. The van der Waals surface area contributed by atoms with E-state index in [9.17, 15) is 0 Å². The zero-order valence-corrected chi connectivity index (χ0v) is 9.11. The molecule has 0 saturated carbocycles. The van der Waals surface area contributed by atoms with Crippen molar-refractivity contribution in [3.63, 3.8) is 0 Å². The summed E-state index contributed by atoms with van der Waals surface area (Å²) in [5.41, 5.74) is 0.367. The number of hydrogen-bond donors (Lipinski definition) is 1. The van der Waals surface area contributed by atoms with E-state index in [1.165, 1.54) is 0 Å². The molecule has 2 heteroatoms. The van der Waals surface area contributed by atoms with Crippen LogP contribution in [0.4, 0.5) is 0 Å². The van der Waals surface area contributed by atoms with E-state index in [4.69, 9.17) is 4.74 Å². The summed E-state index contributed by atoms with van der Waals surface area (Å²) < 4.78 is 5.39. The van der Waals surface area contributed by atoms with E-state index < -0.39 is 0 Å². The van der Waals surface area contributed by atoms with Gasteiger partial charge in [0.15, 0.2) is 0 Å². The second-order valence-electron chi connectivity index (χ2n) is 4.46. The monoisotopic (exact) mass is 173 g/mol. The predicted molar refractivity (Wildman–Crippen MR) is 53.4 cm³/mol. The van der Waals surface area contributed by atoms with Gasteiger partial charge < -0.3 is 10.1 Å². The average molecular weight is 173 g/mol. The largest absolute Gasteiger partial charge is 0.377 e. The first kappa shape index (κ1) is 11.9. The van der Waals surface area contributed by atoms with Crippen molar-refractivity contribution < 1.29 is 4.74 Å². The Bertz CT molecular complexity index is 107. The highest BCUT2D eigenvalue weighted by Crippen LogP contribution is 2.09. The normalized spacial score (nSPS) is 14.8. The number of ether oxygens (including phenoxy) is 1. The molecule has 0 aromatic rings. The smallest absolute Gasteiger partial charge is 0.0671 e. The van der Waals surface area contributed by atoms with Gasteiger partial charge in [0.1, 0.15) is 0 Å². The van der Waals surface area contributed by atoms with E-state index >= 15 is 0 Å². The Morgan fingerprint density at radius 3 is 2.33 bits per heavy atom. The minimum absolute atomic E-state index is 0.331. The van der Waals surface area contributed by atoms with Crippen molar-refractivity contribution in [3.05, 3.63) is 0 Å². The maximum absolute atomic E-state index is 5.39. The fourth-order valence-electron chi connectivity index (χ4n) is 0.994. The molecule has 74 valence electrons. The molecule has 0 saturated heterocycles. The van der Waals surface area contributed by atoms with Crippen molar-refractivity contribution in [1.82, 2.24) is 5.32 Å². The molecule has 0 aromatic heterocycles. The van der Waals surface area contributed by atoms with Crippen molar-refractivity contribution in [2.24, 2.45) is 5.41 Å². The van der Waals surface area contributed by atoms with Gasteiger partial charge in [0, 0.05) is 19.7 Å². The molecule has 1 N–H and O–H groups in total. The van der Waals surface area contributed by atoms with Gasteiger partial charge in [-0.25, -0.2) is 0 Å². The van der Waals surface area contributed by atoms with Gasteiger partial charge in [0.2, 0.25) is 0 Å². The molecule has 0 rings (SSSR count). The lowest BCUT2D eigenvalue weighted by Crippen LogP contribution is -2.33. The minimum Gasteiger partial charge on any atom is -0.377 e. The van der Waals surface area contributed by atoms with Crippen molar-refractivity contribution >= 4 is 0 Å². The van der Waals surface area contributed by atoms with Crippen LogP contribution in [0.3, 0.4) is 0 Å². The molecule has 0 fully saturated rings. The summed E-state index contributed by atoms with van der Waals surface area (Å²) in [7, 11) is 0. The molecule has 12 heavy (non-hydrogen) atoms. The molecule has 1 unspecified atom stereocenters. The van der Waals surface area contributed by atoms with Crippen LogP contribution in [0.2, 0.25) is 0 Å². The summed E-state index contributed by atoms with van der Waals surface area (Å²) in [5, 5.41) is 3.38. The summed E-state index contributed by atoms with van der Waals surface area (Å²) in [6.45, 7) is 13.6. The first-order valence-corrected chi connectivity index (χ1v) is 4.78. The van der Waals surface area contributed by atoms with Crippen LogP contribution in [0.5, 0.6) is 0 Å². The number of rotatable bonds is 5. The third kappa shape index (κ3) is 8.02. The summed E-state index contributed by atoms with van der Waals surface area (Å²) >= 11 is 0. The highest BCUT2D eigenvalue weighted by molar-refractivity contribution is 4.66. The Morgan fingerprint density at radius 1 is 1.33 bits per heavy atom. The highest BCUT2D eigenvalue weighted by atomic mass is 16.5. The van der Waals surface area contributed by atoms with Crippen molar-refractivity contribution in [1.29, 1.82) is 0 Å². The molecular formula is C10H23NO. The van der Waals surface area contributed by atoms with Crippen LogP contribution in [0.15, 0.2) is 0 Å². The molecule has 0 bridgehead atoms. The van der Waals surface area contributed by atoms with Gasteiger partial charge in [-0.1, -0.05) is 20.8 Å². The molecular weight excluding hydrogens is 150 g/mol. The summed E-state index contributed by atoms with van der Waals surface area (Å²) in [5.74, 6) is 0. The van der Waals surface area contributed by atoms with Gasteiger partial charge in [-0.2, -0.15) is 0 Å². The molecule has 1 atom stereocenters. The maximum Gasteiger partial charge on any atom is 0.0671 e.